The lowest BCUT2D eigenvalue weighted by Gasteiger charge is -2.09. The van der Waals surface area contributed by atoms with Crippen LogP contribution in [0.3, 0.4) is 0 Å². The van der Waals surface area contributed by atoms with Gasteiger partial charge in [-0.3, -0.25) is 4.79 Å². The van der Waals surface area contributed by atoms with Crippen molar-refractivity contribution in [1.29, 1.82) is 0 Å². The molecule has 0 aromatic heterocycles. The number of sulfonamides is 1. The molecular weight excluding hydrogens is 333 g/mol. The van der Waals surface area contributed by atoms with E-state index in [1.165, 1.54) is 30.3 Å². The van der Waals surface area contributed by atoms with Gasteiger partial charge in [-0.05, 0) is 48.9 Å². The zero-order valence-corrected chi connectivity index (χ0v) is 13.3. The number of carbonyl (C=O) groups excluding carboxylic acids is 1. The van der Waals surface area contributed by atoms with Crippen molar-refractivity contribution < 1.29 is 13.2 Å². The van der Waals surface area contributed by atoms with E-state index >= 15 is 0 Å². The maximum absolute atomic E-state index is 12.1. The monoisotopic (exact) mass is 343 g/mol. The molecule has 2 rings (SSSR count). The molecule has 0 aliphatic heterocycles. The molecular formula is C14H11Cl2NO3S. The molecule has 0 saturated carbocycles. The Morgan fingerprint density at radius 1 is 1.05 bits per heavy atom. The van der Waals surface area contributed by atoms with Gasteiger partial charge >= 0.3 is 0 Å². The number of rotatable bonds is 3. The van der Waals surface area contributed by atoms with Crippen molar-refractivity contribution in [2.75, 3.05) is 0 Å². The van der Waals surface area contributed by atoms with Crippen LogP contribution in [0.2, 0.25) is 10.0 Å². The minimum absolute atomic E-state index is 0.0741. The fraction of sp³-hybridized carbons (Fsp3) is 0.0714. The van der Waals surface area contributed by atoms with E-state index in [2.05, 4.69) is 0 Å². The number of aryl methyl sites for hydroxylation is 1. The van der Waals surface area contributed by atoms with Gasteiger partial charge in [-0.2, -0.15) is 0 Å². The van der Waals surface area contributed by atoms with E-state index < -0.39 is 15.9 Å². The topological polar surface area (TPSA) is 63.2 Å². The Balaban J connectivity index is 2.30. The maximum atomic E-state index is 12.1. The van der Waals surface area contributed by atoms with Gasteiger partial charge in [0.15, 0.2) is 0 Å². The third-order valence-electron chi connectivity index (χ3n) is 2.77. The Hall–Kier alpha value is -1.56. The van der Waals surface area contributed by atoms with Gasteiger partial charge < -0.3 is 0 Å². The van der Waals surface area contributed by atoms with E-state index in [9.17, 15) is 13.2 Å². The van der Waals surface area contributed by atoms with Crippen LogP contribution in [0.4, 0.5) is 0 Å². The zero-order chi connectivity index (χ0) is 15.6. The Kier molecular flexibility index (Phi) is 4.56. The van der Waals surface area contributed by atoms with Crippen molar-refractivity contribution in [1.82, 2.24) is 4.72 Å². The van der Waals surface area contributed by atoms with Crippen LogP contribution in [0.25, 0.3) is 0 Å². The predicted octanol–water partition coefficient (Wildman–Crippen LogP) is 3.42. The summed E-state index contributed by atoms with van der Waals surface area (Å²) in [7, 11) is -3.97. The summed E-state index contributed by atoms with van der Waals surface area (Å²) in [5, 5.41) is 0.745. The Morgan fingerprint density at radius 2 is 1.71 bits per heavy atom. The molecule has 0 spiro atoms. The highest BCUT2D eigenvalue weighted by molar-refractivity contribution is 7.90. The van der Waals surface area contributed by atoms with E-state index in [1.807, 2.05) is 4.72 Å². The fourth-order valence-corrected chi connectivity index (χ4v) is 3.25. The Bertz CT molecular complexity index is 804. The standard InChI is InChI=1S/C14H11Cl2NO3S/c1-9-7-11(16)5-6-13(9)14(18)17-21(19,20)12-4-2-3-10(15)8-12/h2-8H,1H3,(H,17,18). The van der Waals surface area contributed by atoms with E-state index in [4.69, 9.17) is 23.2 Å². The molecule has 0 saturated heterocycles. The SMILES string of the molecule is Cc1cc(Cl)ccc1C(=O)NS(=O)(=O)c1cccc(Cl)c1. The molecule has 110 valence electrons. The first-order valence-corrected chi connectivity index (χ1v) is 8.12. The molecule has 1 amide bonds. The van der Waals surface area contributed by atoms with Crippen molar-refractivity contribution in [2.24, 2.45) is 0 Å². The minimum atomic E-state index is -3.97. The van der Waals surface area contributed by atoms with Gasteiger partial charge in [0.2, 0.25) is 0 Å². The Morgan fingerprint density at radius 3 is 2.33 bits per heavy atom. The van der Waals surface area contributed by atoms with Crippen LogP contribution in [0.1, 0.15) is 15.9 Å². The Labute approximate surface area is 132 Å². The molecule has 7 heteroatoms. The summed E-state index contributed by atoms with van der Waals surface area (Å²) in [6.45, 7) is 1.67. The first-order valence-electron chi connectivity index (χ1n) is 5.88. The second-order valence-corrected chi connectivity index (χ2v) is 6.91. The molecule has 2 aromatic rings. The van der Waals surface area contributed by atoms with Gasteiger partial charge in [-0.25, -0.2) is 13.1 Å². The highest BCUT2D eigenvalue weighted by Crippen LogP contribution is 2.18. The number of nitrogens with one attached hydrogen (secondary N) is 1. The first-order chi connectivity index (χ1) is 9.79. The predicted molar refractivity (Wildman–Crippen MR) is 82.3 cm³/mol. The zero-order valence-electron chi connectivity index (χ0n) is 10.9. The van der Waals surface area contributed by atoms with Crippen LogP contribution in [0, 0.1) is 6.92 Å². The molecule has 2 aromatic carbocycles. The molecule has 4 nitrogen and oxygen atoms in total. The van der Waals surface area contributed by atoms with Crippen molar-refractivity contribution >= 4 is 39.1 Å². The minimum Gasteiger partial charge on any atom is -0.268 e. The van der Waals surface area contributed by atoms with E-state index in [-0.39, 0.29) is 15.5 Å². The van der Waals surface area contributed by atoms with Crippen molar-refractivity contribution in [3.63, 3.8) is 0 Å². The third kappa shape index (κ3) is 3.75. The summed E-state index contributed by atoms with van der Waals surface area (Å²) < 4.78 is 26.3. The normalized spacial score (nSPS) is 11.2. The molecule has 21 heavy (non-hydrogen) atoms. The number of halogens is 2. The molecule has 0 aliphatic carbocycles. The largest absolute Gasteiger partial charge is 0.268 e. The van der Waals surface area contributed by atoms with Gasteiger partial charge in [0.1, 0.15) is 0 Å². The summed E-state index contributed by atoms with van der Waals surface area (Å²) in [5.41, 5.74) is 0.825. The van der Waals surface area contributed by atoms with Gasteiger partial charge in [0, 0.05) is 15.6 Å². The number of hydrogen-bond acceptors (Lipinski definition) is 3. The van der Waals surface area contributed by atoms with Gasteiger partial charge in [0.25, 0.3) is 15.9 Å². The van der Waals surface area contributed by atoms with Crippen molar-refractivity contribution in [3.8, 4) is 0 Å². The average Bonchev–Trinajstić information content (AvgIpc) is 2.37. The van der Waals surface area contributed by atoms with Crippen LogP contribution >= 0.6 is 23.2 Å². The first kappa shape index (κ1) is 15.8. The summed E-state index contributed by atoms with van der Waals surface area (Å²) >= 11 is 11.6. The van der Waals surface area contributed by atoms with Gasteiger partial charge in [-0.15, -0.1) is 0 Å². The summed E-state index contributed by atoms with van der Waals surface area (Å²) in [6.07, 6.45) is 0. The maximum Gasteiger partial charge on any atom is 0.265 e. The smallest absolute Gasteiger partial charge is 0.265 e. The molecule has 0 aliphatic rings. The lowest BCUT2D eigenvalue weighted by atomic mass is 10.1. The summed E-state index contributed by atoms with van der Waals surface area (Å²) in [4.78, 5) is 12.0. The van der Waals surface area contributed by atoms with Crippen LogP contribution in [0.15, 0.2) is 47.4 Å². The molecule has 0 fully saturated rings. The van der Waals surface area contributed by atoms with E-state index in [0.29, 0.717) is 10.6 Å². The van der Waals surface area contributed by atoms with Gasteiger partial charge in [-0.1, -0.05) is 29.3 Å². The highest BCUT2D eigenvalue weighted by Gasteiger charge is 2.20. The molecule has 1 N–H and O–H groups in total. The molecule has 0 bridgehead atoms. The molecule has 0 atom stereocenters. The van der Waals surface area contributed by atoms with Crippen LogP contribution in [0.5, 0.6) is 0 Å². The number of amides is 1. The number of hydrogen-bond donors (Lipinski definition) is 1. The second-order valence-electron chi connectivity index (χ2n) is 4.35. The van der Waals surface area contributed by atoms with Crippen molar-refractivity contribution in [2.45, 2.75) is 11.8 Å². The molecule has 0 heterocycles. The van der Waals surface area contributed by atoms with Gasteiger partial charge in [0.05, 0.1) is 4.90 Å². The van der Waals surface area contributed by atoms with Crippen LogP contribution < -0.4 is 4.72 Å². The third-order valence-corrected chi connectivity index (χ3v) is 4.57. The van der Waals surface area contributed by atoms with E-state index in [0.717, 1.165) is 0 Å². The second kappa shape index (κ2) is 6.05. The summed E-state index contributed by atoms with van der Waals surface area (Å²) in [5.74, 6) is -0.718. The van der Waals surface area contributed by atoms with Crippen LogP contribution in [-0.2, 0) is 10.0 Å². The molecule has 0 unspecified atom stereocenters. The fourth-order valence-electron chi connectivity index (χ4n) is 1.75. The lowest BCUT2D eigenvalue weighted by molar-refractivity contribution is 0.0981. The lowest BCUT2D eigenvalue weighted by Crippen LogP contribution is -2.31. The molecule has 0 radical (unpaired) electrons. The quantitative estimate of drug-likeness (QED) is 0.928. The summed E-state index contributed by atoms with van der Waals surface area (Å²) in [6, 6.07) is 10.3. The number of carbonyl (C=O) groups is 1. The van der Waals surface area contributed by atoms with Crippen molar-refractivity contribution in [3.05, 3.63) is 63.6 Å². The highest BCUT2D eigenvalue weighted by atomic mass is 35.5. The van der Waals surface area contributed by atoms with Crippen LogP contribution in [-0.4, -0.2) is 14.3 Å². The average molecular weight is 344 g/mol. The van der Waals surface area contributed by atoms with E-state index in [1.54, 1.807) is 19.1 Å². The number of benzene rings is 2.